The van der Waals surface area contributed by atoms with Crippen molar-refractivity contribution >= 4 is 22.9 Å². The van der Waals surface area contributed by atoms with E-state index in [-0.39, 0.29) is 5.91 Å². The van der Waals surface area contributed by atoms with Crippen LogP contribution in [0.15, 0.2) is 24.3 Å². The SMILES string of the molecule is CCOc1c(N)cccc1C(=O)NCc1cc(C)c(C)s1. The number of para-hydroxylation sites is 1. The molecule has 2 aromatic rings. The summed E-state index contributed by atoms with van der Waals surface area (Å²) in [5.41, 5.74) is 8.08. The quantitative estimate of drug-likeness (QED) is 0.833. The predicted molar refractivity (Wildman–Crippen MR) is 87.0 cm³/mol. The molecule has 0 bridgehead atoms. The van der Waals surface area contributed by atoms with Crippen LogP contribution >= 0.6 is 11.3 Å². The molecule has 4 nitrogen and oxygen atoms in total. The van der Waals surface area contributed by atoms with Crippen LogP contribution in [0.1, 0.15) is 32.6 Å². The number of thiophene rings is 1. The van der Waals surface area contributed by atoms with Crippen molar-refractivity contribution in [3.05, 3.63) is 45.1 Å². The number of hydrogen-bond acceptors (Lipinski definition) is 4. The molecule has 1 aromatic heterocycles. The van der Waals surface area contributed by atoms with E-state index in [0.29, 0.717) is 30.2 Å². The molecule has 0 saturated heterocycles. The summed E-state index contributed by atoms with van der Waals surface area (Å²) in [5, 5.41) is 2.92. The maximum absolute atomic E-state index is 12.3. The fourth-order valence-corrected chi connectivity index (χ4v) is 3.03. The van der Waals surface area contributed by atoms with E-state index in [2.05, 4.69) is 25.2 Å². The average Bonchev–Trinajstić information content (AvgIpc) is 2.77. The first-order valence-corrected chi connectivity index (χ1v) is 7.70. The first-order chi connectivity index (χ1) is 10.0. The third kappa shape index (κ3) is 3.55. The Morgan fingerprint density at radius 1 is 1.38 bits per heavy atom. The maximum atomic E-state index is 12.3. The van der Waals surface area contributed by atoms with Gasteiger partial charge in [0.1, 0.15) is 0 Å². The number of carbonyl (C=O) groups is 1. The molecule has 0 fully saturated rings. The monoisotopic (exact) mass is 304 g/mol. The molecule has 0 spiro atoms. The Morgan fingerprint density at radius 3 is 2.76 bits per heavy atom. The minimum atomic E-state index is -0.172. The van der Waals surface area contributed by atoms with Gasteiger partial charge in [0, 0.05) is 9.75 Å². The second-order valence-electron chi connectivity index (χ2n) is 4.79. The maximum Gasteiger partial charge on any atom is 0.255 e. The number of carbonyl (C=O) groups excluding carboxylic acids is 1. The topological polar surface area (TPSA) is 64.3 Å². The molecule has 1 aromatic carbocycles. The Bertz CT molecular complexity index is 630. The number of ether oxygens (including phenoxy) is 1. The highest BCUT2D eigenvalue weighted by molar-refractivity contribution is 7.12. The molecule has 0 atom stereocenters. The minimum Gasteiger partial charge on any atom is -0.491 e. The van der Waals surface area contributed by atoms with E-state index in [1.54, 1.807) is 29.5 Å². The van der Waals surface area contributed by atoms with Gasteiger partial charge in [-0.3, -0.25) is 4.79 Å². The first-order valence-electron chi connectivity index (χ1n) is 6.88. The van der Waals surface area contributed by atoms with Gasteiger partial charge in [-0.25, -0.2) is 0 Å². The molecule has 2 rings (SSSR count). The molecule has 0 saturated carbocycles. The molecule has 5 heteroatoms. The number of nitrogens with two attached hydrogens (primary N) is 1. The Labute approximate surface area is 128 Å². The van der Waals surface area contributed by atoms with E-state index in [1.807, 2.05) is 6.92 Å². The van der Waals surface area contributed by atoms with Gasteiger partial charge in [-0.2, -0.15) is 0 Å². The van der Waals surface area contributed by atoms with Crippen LogP contribution in [0, 0.1) is 13.8 Å². The van der Waals surface area contributed by atoms with Crippen LogP contribution in [0.3, 0.4) is 0 Å². The van der Waals surface area contributed by atoms with Gasteiger partial charge in [0.2, 0.25) is 0 Å². The molecule has 0 radical (unpaired) electrons. The van der Waals surface area contributed by atoms with Crippen LogP contribution in [0.25, 0.3) is 0 Å². The molecule has 0 aliphatic rings. The summed E-state index contributed by atoms with van der Waals surface area (Å²) in [6.45, 7) is 7.00. The third-order valence-electron chi connectivity index (χ3n) is 3.22. The van der Waals surface area contributed by atoms with Gasteiger partial charge in [0.15, 0.2) is 5.75 Å². The second-order valence-corrected chi connectivity index (χ2v) is 6.13. The van der Waals surface area contributed by atoms with Gasteiger partial charge < -0.3 is 15.8 Å². The van der Waals surface area contributed by atoms with Crippen molar-refractivity contribution in [3.8, 4) is 5.75 Å². The zero-order chi connectivity index (χ0) is 15.4. The fraction of sp³-hybridized carbons (Fsp3) is 0.312. The van der Waals surface area contributed by atoms with Gasteiger partial charge in [0.05, 0.1) is 24.4 Å². The third-order valence-corrected chi connectivity index (χ3v) is 4.37. The van der Waals surface area contributed by atoms with Crippen molar-refractivity contribution in [1.29, 1.82) is 0 Å². The van der Waals surface area contributed by atoms with Crippen molar-refractivity contribution in [2.45, 2.75) is 27.3 Å². The van der Waals surface area contributed by atoms with Crippen molar-refractivity contribution in [2.24, 2.45) is 0 Å². The number of aryl methyl sites for hydroxylation is 2. The van der Waals surface area contributed by atoms with Crippen LogP contribution in [0.2, 0.25) is 0 Å². The molecule has 21 heavy (non-hydrogen) atoms. The highest BCUT2D eigenvalue weighted by Crippen LogP contribution is 2.26. The minimum absolute atomic E-state index is 0.172. The molecule has 3 N–H and O–H groups in total. The molecule has 0 unspecified atom stereocenters. The Hall–Kier alpha value is -2.01. The molecular formula is C16H20N2O2S. The number of hydrogen-bond donors (Lipinski definition) is 2. The van der Waals surface area contributed by atoms with E-state index in [9.17, 15) is 4.79 Å². The highest BCUT2D eigenvalue weighted by Gasteiger charge is 2.15. The molecule has 0 aliphatic carbocycles. The van der Waals surface area contributed by atoms with Crippen molar-refractivity contribution < 1.29 is 9.53 Å². The van der Waals surface area contributed by atoms with Crippen LogP contribution in [0.4, 0.5) is 5.69 Å². The lowest BCUT2D eigenvalue weighted by atomic mass is 10.1. The molecule has 112 valence electrons. The lowest BCUT2D eigenvalue weighted by molar-refractivity contribution is 0.0947. The fourth-order valence-electron chi connectivity index (χ4n) is 2.04. The van der Waals surface area contributed by atoms with Gasteiger partial charge >= 0.3 is 0 Å². The summed E-state index contributed by atoms with van der Waals surface area (Å²) < 4.78 is 5.48. The lowest BCUT2D eigenvalue weighted by Gasteiger charge is -2.12. The van der Waals surface area contributed by atoms with Crippen LogP contribution in [-0.4, -0.2) is 12.5 Å². The van der Waals surface area contributed by atoms with Gasteiger partial charge in [0.25, 0.3) is 5.91 Å². The predicted octanol–water partition coefficient (Wildman–Crippen LogP) is 3.28. The number of benzene rings is 1. The van der Waals surface area contributed by atoms with Gasteiger partial charge in [-0.15, -0.1) is 11.3 Å². The van der Waals surface area contributed by atoms with E-state index in [1.165, 1.54) is 10.4 Å². The average molecular weight is 304 g/mol. The summed E-state index contributed by atoms with van der Waals surface area (Å²) in [6, 6.07) is 7.31. The number of rotatable bonds is 5. The number of amides is 1. The molecule has 1 heterocycles. The second kappa shape index (κ2) is 6.63. The normalized spacial score (nSPS) is 10.4. The summed E-state index contributed by atoms with van der Waals surface area (Å²) >= 11 is 1.70. The summed E-state index contributed by atoms with van der Waals surface area (Å²) in [6.07, 6.45) is 0. The Morgan fingerprint density at radius 2 is 2.14 bits per heavy atom. The zero-order valence-electron chi connectivity index (χ0n) is 12.5. The van der Waals surface area contributed by atoms with E-state index in [0.717, 1.165) is 4.88 Å². The van der Waals surface area contributed by atoms with E-state index in [4.69, 9.17) is 10.5 Å². The standard InChI is InChI=1S/C16H20N2O2S/c1-4-20-15-13(6-5-7-14(15)17)16(19)18-9-12-8-10(2)11(3)21-12/h5-8H,4,9,17H2,1-3H3,(H,18,19). The Balaban J connectivity index is 2.11. The molecular weight excluding hydrogens is 284 g/mol. The van der Waals surface area contributed by atoms with Crippen molar-refractivity contribution in [1.82, 2.24) is 5.32 Å². The summed E-state index contributed by atoms with van der Waals surface area (Å²) in [7, 11) is 0. The largest absolute Gasteiger partial charge is 0.491 e. The Kier molecular flexibility index (Phi) is 4.85. The number of nitrogens with one attached hydrogen (secondary N) is 1. The van der Waals surface area contributed by atoms with E-state index < -0.39 is 0 Å². The van der Waals surface area contributed by atoms with Gasteiger partial charge in [-0.1, -0.05) is 6.07 Å². The molecule has 0 aliphatic heterocycles. The zero-order valence-corrected chi connectivity index (χ0v) is 13.3. The van der Waals surface area contributed by atoms with Crippen LogP contribution < -0.4 is 15.8 Å². The number of nitrogen functional groups attached to an aromatic ring is 1. The number of anilines is 1. The lowest BCUT2D eigenvalue weighted by Crippen LogP contribution is -2.23. The van der Waals surface area contributed by atoms with Crippen LogP contribution in [-0.2, 0) is 6.54 Å². The summed E-state index contributed by atoms with van der Waals surface area (Å²) in [5.74, 6) is 0.283. The highest BCUT2D eigenvalue weighted by atomic mass is 32.1. The van der Waals surface area contributed by atoms with Crippen LogP contribution in [0.5, 0.6) is 5.75 Å². The van der Waals surface area contributed by atoms with Gasteiger partial charge in [-0.05, 0) is 44.5 Å². The smallest absolute Gasteiger partial charge is 0.255 e. The first kappa shape index (κ1) is 15.4. The van der Waals surface area contributed by atoms with Crippen molar-refractivity contribution in [3.63, 3.8) is 0 Å². The molecule has 1 amide bonds. The van der Waals surface area contributed by atoms with Crippen molar-refractivity contribution in [2.75, 3.05) is 12.3 Å². The summed E-state index contributed by atoms with van der Waals surface area (Å²) in [4.78, 5) is 14.7. The van der Waals surface area contributed by atoms with E-state index >= 15 is 0 Å².